The number of nitrogens with one attached hydrogen (secondary N) is 2. The van der Waals surface area contributed by atoms with Crippen molar-refractivity contribution in [1.82, 2.24) is 10.3 Å². The number of amides is 2. The highest BCUT2D eigenvalue weighted by molar-refractivity contribution is 7.17. The summed E-state index contributed by atoms with van der Waals surface area (Å²) >= 11 is 7.66. The predicted molar refractivity (Wildman–Crippen MR) is 116 cm³/mol. The van der Waals surface area contributed by atoms with Gasteiger partial charge >= 0.3 is 0 Å². The number of nitrogens with zero attached hydrogens (tertiary/aromatic N) is 1. The molecule has 2 aromatic heterocycles. The van der Waals surface area contributed by atoms with Gasteiger partial charge in [0.25, 0.3) is 11.8 Å². The smallest absolute Gasteiger partial charge is 0.257 e. The molecular formula is C22H20ClN3O2S. The van der Waals surface area contributed by atoms with Gasteiger partial charge in [0.1, 0.15) is 5.00 Å². The average Bonchev–Trinajstić information content (AvgIpc) is 3.11. The molecule has 1 aromatic carbocycles. The zero-order chi connectivity index (χ0) is 20.2. The van der Waals surface area contributed by atoms with Crippen molar-refractivity contribution < 1.29 is 9.59 Å². The minimum Gasteiger partial charge on any atom is -0.348 e. The first kappa shape index (κ1) is 19.6. The monoisotopic (exact) mass is 425 g/mol. The number of pyridine rings is 1. The number of benzene rings is 1. The third-order valence-electron chi connectivity index (χ3n) is 4.92. The second-order valence-electron chi connectivity index (χ2n) is 6.89. The summed E-state index contributed by atoms with van der Waals surface area (Å²) in [6.07, 6.45) is 7.35. The lowest BCUT2D eigenvalue weighted by molar-refractivity contribution is 0.0951. The summed E-state index contributed by atoms with van der Waals surface area (Å²) in [5, 5.41) is 6.86. The van der Waals surface area contributed by atoms with Gasteiger partial charge in [-0.25, -0.2) is 0 Å². The van der Waals surface area contributed by atoms with Crippen molar-refractivity contribution in [3.05, 3.63) is 80.9 Å². The van der Waals surface area contributed by atoms with E-state index in [0.29, 0.717) is 27.7 Å². The van der Waals surface area contributed by atoms with Crippen molar-refractivity contribution in [2.75, 3.05) is 5.32 Å². The highest BCUT2D eigenvalue weighted by Crippen LogP contribution is 2.38. The summed E-state index contributed by atoms with van der Waals surface area (Å²) in [6, 6.07) is 10.6. The number of rotatable bonds is 5. The molecule has 0 atom stereocenters. The van der Waals surface area contributed by atoms with E-state index in [1.165, 1.54) is 16.2 Å². The van der Waals surface area contributed by atoms with E-state index >= 15 is 0 Å². The Morgan fingerprint density at radius 2 is 1.90 bits per heavy atom. The number of fused-ring (bicyclic) bond motifs is 1. The first-order valence-corrected chi connectivity index (χ1v) is 10.7. The van der Waals surface area contributed by atoms with Crippen molar-refractivity contribution >= 4 is 39.8 Å². The largest absolute Gasteiger partial charge is 0.348 e. The average molecular weight is 426 g/mol. The maximum Gasteiger partial charge on any atom is 0.257 e. The van der Waals surface area contributed by atoms with Crippen LogP contribution < -0.4 is 10.6 Å². The van der Waals surface area contributed by atoms with Crippen LogP contribution in [0.5, 0.6) is 0 Å². The number of anilines is 1. The van der Waals surface area contributed by atoms with Crippen molar-refractivity contribution in [1.29, 1.82) is 0 Å². The maximum absolute atomic E-state index is 13.1. The van der Waals surface area contributed by atoms with Gasteiger partial charge in [0, 0.05) is 23.8 Å². The van der Waals surface area contributed by atoms with Gasteiger partial charge < -0.3 is 10.6 Å². The van der Waals surface area contributed by atoms with E-state index < -0.39 is 0 Å². The molecule has 0 fully saturated rings. The Labute approximate surface area is 178 Å². The summed E-state index contributed by atoms with van der Waals surface area (Å²) in [5.41, 5.74) is 2.95. The molecule has 2 amide bonds. The van der Waals surface area contributed by atoms with Crippen LogP contribution in [0.3, 0.4) is 0 Å². The molecule has 2 heterocycles. The van der Waals surface area contributed by atoms with Gasteiger partial charge in [0.2, 0.25) is 0 Å². The molecule has 0 spiro atoms. The summed E-state index contributed by atoms with van der Waals surface area (Å²) in [4.78, 5) is 31.1. The highest BCUT2D eigenvalue weighted by atomic mass is 35.5. The van der Waals surface area contributed by atoms with Gasteiger partial charge in [0.15, 0.2) is 0 Å². The molecule has 0 unspecified atom stereocenters. The normalized spacial score (nSPS) is 12.9. The van der Waals surface area contributed by atoms with E-state index in [4.69, 9.17) is 11.6 Å². The number of hydrogen-bond acceptors (Lipinski definition) is 4. The minimum absolute atomic E-state index is 0.178. The fourth-order valence-electron chi connectivity index (χ4n) is 3.48. The standard InChI is InChI=1S/C22H20ClN3O2S/c23-17-9-3-1-7-15(17)20(27)26-22-19(16-8-2-4-10-18(16)29-22)21(28)25-13-14-6-5-11-24-12-14/h1,3,5-7,9,11-12H,2,4,8,10,13H2,(H,25,28)(H,26,27). The van der Waals surface area contributed by atoms with Gasteiger partial charge in [-0.2, -0.15) is 0 Å². The molecule has 29 heavy (non-hydrogen) atoms. The molecule has 0 saturated heterocycles. The minimum atomic E-state index is -0.310. The number of aromatic nitrogens is 1. The third-order valence-corrected chi connectivity index (χ3v) is 6.46. The Morgan fingerprint density at radius 3 is 2.69 bits per heavy atom. The summed E-state index contributed by atoms with van der Waals surface area (Å²) in [6.45, 7) is 0.384. The summed E-state index contributed by atoms with van der Waals surface area (Å²) < 4.78 is 0. The topological polar surface area (TPSA) is 71.1 Å². The fraction of sp³-hybridized carbons (Fsp3) is 0.227. The second-order valence-corrected chi connectivity index (χ2v) is 8.41. The summed E-state index contributed by atoms with van der Waals surface area (Å²) in [7, 11) is 0. The number of thiophene rings is 1. The molecule has 3 aromatic rings. The maximum atomic E-state index is 13.1. The zero-order valence-electron chi connectivity index (χ0n) is 15.7. The van der Waals surface area contributed by atoms with Crippen molar-refractivity contribution in [3.63, 3.8) is 0 Å². The number of aryl methyl sites for hydroxylation is 1. The van der Waals surface area contributed by atoms with Crippen LogP contribution in [0, 0.1) is 0 Å². The van der Waals surface area contributed by atoms with Crippen LogP contribution in [-0.4, -0.2) is 16.8 Å². The molecule has 4 rings (SSSR count). The fourth-order valence-corrected chi connectivity index (χ4v) is 4.99. The van der Waals surface area contributed by atoms with E-state index in [9.17, 15) is 9.59 Å². The molecule has 1 aliphatic rings. The molecule has 0 bridgehead atoms. The lowest BCUT2D eigenvalue weighted by Gasteiger charge is -2.13. The Morgan fingerprint density at radius 1 is 1.07 bits per heavy atom. The van der Waals surface area contributed by atoms with Crippen molar-refractivity contribution in [2.24, 2.45) is 0 Å². The Balaban J connectivity index is 1.60. The van der Waals surface area contributed by atoms with Crippen LogP contribution in [0.1, 0.15) is 49.6 Å². The van der Waals surface area contributed by atoms with Gasteiger partial charge in [-0.3, -0.25) is 14.6 Å². The first-order valence-electron chi connectivity index (χ1n) is 9.51. The molecular weight excluding hydrogens is 406 g/mol. The number of halogens is 1. The van der Waals surface area contributed by atoms with Crippen molar-refractivity contribution in [2.45, 2.75) is 32.2 Å². The van der Waals surface area contributed by atoms with E-state index in [1.54, 1.807) is 36.7 Å². The lowest BCUT2D eigenvalue weighted by atomic mass is 9.95. The van der Waals surface area contributed by atoms with Gasteiger partial charge in [0.05, 0.1) is 16.1 Å². The van der Waals surface area contributed by atoms with Gasteiger partial charge in [-0.1, -0.05) is 29.8 Å². The SMILES string of the molecule is O=C(Nc1sc2c(c1C(=O)NCc1cccnc1)CCCC2)c1ccccc1Cl. The van der Waals surface area contributed by atoms with E-state index in [2.05, 4.69) is 15.6 Å². The quantitative estimate of drug-likeness (QED) is 0.613. The van der Waals surface area contributed by atoms with E-state index in [-0.39, 0.29) is 11.8 Å². The Bertz CT molecular complexity index is 1050. The van der Waals surface area contributed by atoms with Crippen LogP contribution in [0.4, 0.5) is 5.00 Å². The number of carbonyl (C=O) groups excluding carboxylic acids is 2. The molecule has 0 saturated carbocycles. The van der Waals surface area contributed by atoms with Crippen LogP contribution in [0.25, 0.3) is 0 Å². The van der Waals surface area contributed by atoms with Crippen LogP contribution in [-0.2, 0) is 19.4 Å². The molecule has 0 aliphatic heterocycles. The molecule has 1 aliphatic carbocycles. The molecule has 7 heteroatoms. The van der Waals surface area contributed by atoms with Crippen LogP contribution >= 0.6 is 22.9 Å². The zero-order valence-corrected chi connectivity index (χ0v) is 17.3. The Kier molecular flexibility index (Phi) is 5.92. The summed E-state index contributed by atoms with van der Waals surface area (Å²) in [5.74, 6) is -0.488. The highest BCUT2D eigenvalue weighted by Gasteiger charge is 2.26. The van der Waals surface area contributed by atoms with Crippen LogP contribution in [0.15, 0.2) is 48.8 Å². The Hall–Kier alpha value is -2.70. The molecule has 5 nitrogen and oxygen atoms in total. The van der Waals surface area contributed by atoms with Crippen molar-refractivity contribution in [3.8, 4) is 0 Å². The molecule has 148 valence electrons. The van der Waals surface area contributed by atoms with Crippen LogP contribution in [0.2, 0.25) is 5.02 Å². The van der Waals surface area contributed by atoms with Gasteiger partial charge in [-0.15, -0.1) is 11.3 Å². The molecule has 0 radical (unpaired) electrons. The van der Waals surface area contributed by atoms with E-state index in [1.807, 2.05) is 12.1 Å². The van der Waals surface area contributed by atoms with Gasteiger partial charge in [-0.05, 0) is 55.0 Å². The predicted octanol–water partition coefficient (Wildman–Crippen LogP) is 4.86. The number of carbonyl (C=O) groups is 2. The first-order chi connectivity index (χ1) is 14.1. The lowest BCUT2D eigenvalue weighted by Crippen LogP contribution is -2.25. The number of hydrogen-bond donors (Lipinski definition) is 2. The van der Waals surface area contributed by atoms with E-state index in [0.717, 1.165) is 36.8 Å². The molecule has 2 N–H and O–H groups in total. The second kappa shape index (κ2) is 8.76. The third kappa shape index (κ3) is 4.33.